The summed E-state index contributed by atoms with van der Waals surface area (Å²) in [6, 6.07) is 4.01. The van der Waals surface area contributed by atoms with Gasteiger partial charge in [-0.05, 0) is 31.2 Å². The smallest absolute Gasteiger partial charge is 0.267 e. The third-order valence-corrected chi connectivity index (χ3v) is 5.95. The first-order chi connectivity index (χ1) is 11.7. The third-order valence-electron chi connectivity index (χ3n) is 4.28. The van der Waals surface area contributed by atoms with Crippen molar-refractivity contribution in [3.05, 3.63) is 33.5 Å². The van der Waals surface area contributed by atoms with Crippen molar-refractivity contribution in [2.75, 3.05) is 11.9 Å². The van der Waals surface area contributed by atoms with Crippen molar-refractivity contribution in [2.24, 2.45) is 0 Å². The molecular formula is C17H21N3O2S2. The molecule has 7 heteroatoms. The Kier molecular flexibility index (Phi) is 5.63. The molecule has 1 saturated carbocycles. The average molecular weight is 364 g/mol. The zero-order valence-electron chi connectivity index (χ0n) is 13.7. The highest BCUT2D eigenvalue weighted by molar-refractivity contribution is 7.14. The lowest BCUT2D eigenvalue weighted by Gasteiger charge is -2.27. The molecule has 2 aromatic rings. The summed E-state index contributed by atoms with van der Waals surface area (Å²) in [6.07, 6.45) is 4.95. The van der Waals surface area contributed by atoms with E-state index in [-0.39, 0.29) is 11.8 Å². The lowest BCUT2D eigenvalue weighted by molar-refractivity contribution is -0.132. The van der Waals surface area contributed by atoms with E-state index in [2.05, 4.69) is 10.3 Å². The van der Waals surface area contributed by atoms with Crippen molar-refractivity contribution >= 4 is 39.6 Å². The number of aromatic nitrogens is 1. The van der Waals surface area contributed by atoms with Crippen molar-refractivity contribution in [1.29, 1.82) is 0 Å². The Morgan fingerprint density at radius 1 is 1.33 bits per heavy atom. The number of thiazole rings is 1. The van der Waals surface area contributed by atoms with Crippen LogP contribution in [0, 0.1) is 0 Å². The number of carbonyl (C=O) groups is 2. The predicted molar refractivity (Wildman–Crippen MR) is 97.7 cm³/mol. The van der Waals surface area contributed by atoms with Crippen LogP contribution < -0.4 is 5.32 Å². The summed E-state index contributed by atoms with van der Waals surface area (Å²) in [7, 11) is 0. The molecule has 0 aliphatic heterocycles. The van der Waals surface area contributed by atoms with Crippen LogP contribution in [0.4, 0.5) is 5.13 Å². The SMILES string of the molecule is CCN(C(=O)Cc1csc(NC(=O)c2cccs2)n1)C1CCCC1. The number of amides is 2. The van der Waals surface area contributed by atoms with E-state index < -0.39 is 0 Å². The number of thiophene rings is 1. The van der Waals surface area contributed by atoms with E-state index in [9.17, 15) is 9.59 Å². The summed E-state index contributed by atoms with van der Waals surface area (Å²) in [5.41, 5.74) is 0.725. The Labute approximate surface area is 149 Å². The van der Waals surface area contributed by atoms with Crippen molar-refractivity contribution in [2.45, 2.75) is 45.1 Å². The minimum Gasteiger partial charge on any atom is -0.340 e. The molecule has 1 aliphatic carbocycles. The van der Waals surface area contributed by atoms with E-state index in [1.807, 2.05) is 28.7 Å². The Morgan fingerprint density at radius 3 is 2.79 bits per heavy atom. The maximum absolute atomic E-state index is 12.6. The zero-order valence-corrected chi connectivity index (χ0v) is 15.3. The van der Waals surface area contributed by atoms with E-state index in [1.165, 1.54) is 35.5 Å². The average Bonchev–Trinajstić information content (AvgIpc) is 3.30. The van der Waals surface area contributed by atoms with Gasteiger partial charge in [0.15, 0.2) is 5.13 Å². The summed E-state index contributed by atoms with van der Waals surface area (Å²) >= 11 is 2.75. The highest BCUT2D eigenvalue weighted by Crippen LogP contribution is 2.24. The molecular weight excluding hydrogens is 342 g/mol. The number of hydrogen-bond donors (Lipinski definition) is 1. The topological polar surface area (TPSA) is 62.3 Å². The maximum atomic E-state index is 12.6. The first kappa shape index (κ1) is 17.1. The number of likely N-dealkylation sites (N-methyl/N-ethyl adjacent to an activating group) is 1. The molecule has 24 heavy (non-hydrogen) atoms. The molecule has 1 N–H and O–H groups in total. The van der Waals surface area contributed by atoms with Crippen molar-refractivity contribution < 1.29 is 9.59 Å². The van der Waals surface area contributed by atoms with E-state index in [4.69, 9.17) is 0 Å². The van der Waals surface area contributed by atoms with Gasteiger partial charge in [-0.2, -0.15) is 0 Å². The van der Waals surface area contributed by atoms with Gasteiger partial charge in [-0.1, -0.05) is 18.9 Å². The minimum absolute atomic E-state index is 0.130. The molecule has 0 spiro atoms. The van der Waals surface area contributed by atoms with Gasteiger partial charge < -0.3 is 4.90 Å². The standard InChI is InChI=1S/C17H21N3O2S2/c1-2-20(13-6-3-4-7-13)15(21)10-12-11-24-17(18-12)19-16(22)14-8-5-9-23-14/h5,8-9,11,13H,2-4,6-7,10H2,1H3,(H,18,19,22). The molecule has 0 saturated heterocycles. The molecule has 1 aliphatic rings. The second-order valence-corrected chi connectivity index (χ2v) is 7.68. The van der Waals surface area contributed by atoms with E-state index in [0.29, 0.717) is 22.5 Å². The first-order valence-electron chi connectivity index (χ1n) is 8.26. The zero-order chi connectivity index (χ0) is 16.9. The van der Waals surface area contributed by atoms with Crippen LogP contribution in [0.25, 0.3) is 0 Å². The number of anilines is 1. The minimum atomic E-state index is -0.154. The molecule has 1 fully saturated rings. The molecule has 2 aromatic heterocycles. The Bertz CT molecular complexity index is 691. The second-order valence-electron chi connectivity index (χ2n) is 5.87. The van der Waals surface area contributed by atoms with Crippen LogP contribution in [0.15, 0.2) is 22.9 Å². The van der Waals surface area contributed by atoms with Gasteiger partial charge in [0.1, 0.15) is 0 Å². The molecule has 0 unspecified atom stereocenters. The van der Waals surface area contributed by atoms with Gasteiger partial charge in [0, 0.05) is 18.0 Å². The highest BCUT2D eigenvalue weighted by Gasteiger charge is 2.25. The Hall–Kier alpha value is -1.73. The lowest BCUT2D eigenvalue weighted by Crippen LogP contribution is -2.39. The molecule has 0 aromatic carbocycles. The summed E-state index contributed by atoms with van der Waals surface area (Å²) < 4.78 is 0. The molecule has 0 bridgehead atoms. The van der Waals surface area contributed by atoms with Crippen LogP contribution in [0.2, 0.25) is 0 Å². The van der Waals surface area contributed by atoms with E-state index >= 15 is 0 Å². The van der Waals surface area contributed by atoms with Gasteiger partial charge in [0.2, 0.25) is 5.91 Å². The van der Waals surface area contributed by atoms with Crippen molar-refractivity contribution in [3.8, 4) is 0 Å². The largest absolute Gasteiger partial charge is 0.340 e. The molecule has 2 amide bonds. The number of nitrogens with one attached hydrogen (secondary N) is 1. The number of carbonyl (C=O) groups excluding carboxylic acids is 2. The molecule has 128 valence electrons. The van der Waals surface area contributed by atoms with Crippen LogP contribution >= 0.6 is 22.7 Å². The number of rotatable bonds is 6. The van der Waals surface area contributed by atoms with E-state index in [0.717, 1.165) is 25.1 Å². The molecule has 0 atom stereocenters. The fraction of sp³-hybridized carbons (Fsp3) is 0.471. The summed E-state index contributed by atoms with van der Waals surface area (Å²) in [4.78, 5) is 31.6. The number of nitrogens with zero attached hydrogens (tertiary/aromatic N) is 2. The van der Waals surface area contributed by atoms with Gasteiger partial charge in [0.25, 0.3) is 5.91 Å². The Balaban J connectivity index is 1.58. The lowest BCUT2D eigenvalue weighted by atomic mass is 10.2. The fourth-order valence-electron chi connectivity index (χ4n) is 3.12. The van der Waals surface area contributed by atoms with Crippen LogP contribution in [-0.2, 0) is 11.2 Å². The maximum Gasteiger partial charge on any atom is 0.267 e. The fourth-order valence-corrected chi connectivity index (χ4v) is 4.45. The van der Waals surface area contributed by atoms with Crippen LogP contribution in [-0.4, -0.2) is 34.3 Å². The molecule has 3 rings (SSSR count). The monoisotopic (exact) mass is 363 g/mol. The highest BCUT2D eigenvalue weighted by atomic mass is 32.1. The second kappa shape index (κ2) is 7.90. The summed E-state index contributed by atoms with van der Waals surface area (Å²) in [5, 5.41) is 7.05. The van der Waals surface area contributed by atoms with Gasteiger partial charge >= 0.3 is 0 Å². The Morgan fingerprint density at radius 2 is 2.12 bits per heavy atom. The van der Waals surface area contributed by atoms with Gasteiger partial charge in [0.05, 0.1) is 17.0 Å². The molecule has 2 heterocycles. The molecule has 0 radical (unpaired) electrons. The summed E-state index contributed by atoms with van der Waals surface area (Å²) in [6.45, 7) is 2.78. The van der Waals surface area contributed by atoms with E-state index in [1.54, 1.807) is 6.07 Å². The summed E-state index contributed by atoms with van der Waals surface area (Å²) in [5.74, 6) is -0.0239. The predicted octanol–water partition coefficient (Wildman–Crippen LogP) is 3.79. The third kappa shape index (κ3) is 4.02. The normalized spacial score (nSPS) is 14.7. The number of hydrogen-bond acceptors (Lipinski definition) is 5. The van der Waals surface area contributed by atoms with Gasteiger partial charge in [-0.25, -0.2) is 4.98 Å². The van der Waals surface area contributed by atoms with Crippen LogP contribution in [0.3, 0.4) is 0 Å². The quantitative estimate of drug-likeness (QED) is 0.849. The van der Waals surface area contributed by atoms with Crippen LogP contribution in [0.5, 0.6) is 0 Å². The van der Waals surface area contributed by atoms with Gasteiger partial charge in [-0.15, -0.1) is 22.7 Å². The van der Waals surface area contributed by atoms with Gasteiger partial charge in [-0.3, -0.25) is 14.9 Å². The molecule has 5 nitrogen and oxygen atoms in total. The first-order valence-corrected chi connectivity index (χ1v) is 10.0. The van der Waals surface area contributed by atoms with Crippen LogP contribution in [0.1, 0.15) is 48.0 Å². The van der Waals surface area contributed by atoms with Crippen molar-refractivity contribution in [1.82, 2.24) is 9.88 Å². The van der Waals surface area contributed by atoms with Crippen molar-refractivity contribution in [3.63, 3.8) is 0 Å².